The lowest BCUT2D eigenvalue weighted by atomic mass is 10.2. The lowest BCUT2D eigenvalue weighted by Crippen LogP contribution is -2.38. The molecule has 0 heterocycles. The van der Waals surface area contributed by atoms with Gasteiger partial charge >= 0.3 is 12.1 Å². The van der Waals surface area contributed by atoms with E-state index in [1.165, 1.54) is 0 Å². The Balaban J connectivity index is 2.82. The first-order valence-electron chi connectivity index (χ1n) is 4.06. The summed E-state index contributed by atoms with van der Waals surface area (Å²) in [5.74, 6) is -9.02. The first-order chi connectivity index (χ1) is 6.66. The van der Waals surface area contributed by atoms with Crippen LogP contribution in [0.2, 0.25) is 0 Å². The van der Waals surface area contributed by atoms with Crippen LogP contribution in [0.4, 0.5) is 22.0 Å². The van der Waals surface area contributed by atoms with Crippen LogP contribution in [0, 0.1) is 5.92 Å². The van der Waals surface area contributed by atoms with Crippen molar-refractivity contribution in [3.8, 4) is 0 Å². The standard InChI is InChI=1S/C8H7F5O2/c9-7(10,8(11,12)13)6(15)3-5(14)4-1-2-4/h3-4,15H,1-2H2/b6-3-. The first kappa shape index (κ1) is 11.9. The second-order valence-corrected chi connectivity index (χ2v) is 3.28. The van der Waals surface area contributed by atoms with Crippen molar-refractivity contribution in [3.05, 3.63) is 11.8 Å². The molecule has 0 aliphatic heterocycles. The molecule has 0 radical (unpaired) electrons. The van der Waals surface area contributed by atoms with Gasteiger partial charge in [-0.15, -0.1) is 0 Å². The fraction of sp³-hybridized carbons (Fsp3) is 0.625. The molecule has 86 valence electrons. The number of carbonyl (C=O) groups excluding carboxylic acids is 1. The summed E-state index contributed by atoms with van der Waals surface area (Å²) in [7, 11) is 0. The van der Waals surface area contributed by atoms with Crippen molar-refractivity contribution >= 4 is 5.78 Å². The number of halogens is 5. The van der Waals surface area contributed by atoms with Crippen LogP contribution in [-0.4, -0.2) is 23.0 Å². The molecule has 7 heteroatoms. The van der Waals surface area contributed by atoms with Gasteiger partial charge in [0.05, 0.1) is 0 Å². The molecule has 2 nitrogen and oxygen atoms in total. The molecule has 1 aliphatic rings. The van der Waals surface area contributed by atoms with Crippen LogP contribution in [0.1, 0.15) is 12.8 Å². The molecule has 1 aliphatic carbocycles. The second-order valence-electron chi connectivity index (χ2n) is 3.28. The zero-order chi connectivity index (χ0) is 11.9. The van der Waals surface area contributed by atoms with Crippen LogP contribution in [0.3, 0.4) is 0 Å². The highest BCUT2D eigenvalue weighted by molar-refractivity contribution is 5.93. The number of carbonyl (C=O) groups is 1. The molecule has 0 saturated heterocycles. The van der Waals surface area contributed by atoms with Crippen LogP contribution in [0.25, 0.3) is 0 Å². The van der Waals surface area contributed by atoms with Gasteiger partial charge in [0.25, 0.3) is 0 Å². The number of aliphatic hydroxyl groups is 1. The Labute approximate surface area is 81.4 Å². The van der Waals surface area contributed by atoms with Gasteiger partial charge in [-0.2, -0.15) is 22.0 Å². The molecule has 1 N–H and O–H groups in total. The van der Waals surface area contributed by atoms with Gasteiger partial charge in [0, 0.05) is 12.0 Å². The summed E-state index contributed by atoms with van der Waals surface area (Å²) in [5.41, 5.74) is 0. The van der Waals surface area contributed by atoms with E-state index in [-0.39, 0.29) is 6.08 Å². The molecule has 1 rings (SSSR count). The topological polar surface area (TPSA) is 37.3 Å². The molecular formula is C8H7F5O2. The normalized spacial score (nSPS) is 19.1. The predicted molar refractivity (Wildman–Crippen MR) is 39.4 cm³/mol. The largest absolute Gasteiger partial charge is 0.506 e. The van der Waals surface area contributed by atoms with E-state index < -0.39 is 29.6 Å². The lowest BCUT2D eigenvalue weighted by molar-refractivity contribution is -0.274. The van der Waals surface area contributed by atoms with Crippen molar-refractivity contribution in [1.29, 1.82) is 0 Å². The van der Waals surface area contributed by atoms with Crippen LogP contribution in [-0.2, 0) is 4.79 Å². The van der Waals surface area contributed by atoms with E-state index in [2.05, 4.69) is 0 Å². The Morgan fingerprint density at radius 3 is 2.00 bits per heavy atom. The summed E-state index contributed by atoms with van der Waals surface area (Å²) in [6.45, 7) is 0. The average Bonchev–Trinajstić information content (AvgIpc) is 2.83. The van der Waals surface area contributed by atoms with E-state index in [0.717, 1.165) is 0 Å². The molecule has 0 aromatic rings. The summed E-state index contributed by atoms with van der Waals surface area (Å²) in [6.07, 6.45) is -5.01. The minimum absolute atomic E-state index is 0.0366. The van der Waals surface area contributed by atoms with Crippen molar-refractivity contribution in [3.63, 3.8) is 0 Å². The maximum atomic E-state index is 12.4. The van der Waals surface area contributed by atoms with E-state index in [1.807, 2.05) is 0 Å². The molecule has 1 fully saturated rings. The zero-order valence-corrected chi connectivity index (χ0v) is 7.31. The third-order valence-electron chi connectivity index (χ3n) is 1.94. The summed E-state index contributed by atoms with van der Waals surface area (Å²) in [5, 5.41) is 8.53. The van der Waals surface area contributed by atoms with E-state index in [1.54, 1.807) is 0 Å². The SMILES string of the molecule is O=C(/C=C(\O)C(F)(F)C(F)(F)F)C1CC1. The molecule has 0 atom stereocenters. The Morgan fingerprint density at radius 2 is 1.67 bits per heavy atom. The summed E-state index contributed by atoms with van der Waals surface area (Å²) in [6, 6.07) is 0. The fourth-order valence-corrected chi connectivity index (χ4v) is 0.856. The molecule has 0 bridgehead atoms. The monoisotopic (exact) mass is 230 g/mol. The quantitative estimate of drug-likeness (QED) is 0.459. The third-order valence-corrected chi connectivity index (χ3v) is 1.94. The number of ketones is 1. The predicted octanol–water partition coefficient (Wildman–Crippen LogP) is 2.61. The van der Waals surface area contributed by atoms with Crippen molar-refractivity contribution in [2.24, 2.45) is 5.92 Å². The van der Waals surface area contributed by atoms with Crippen molar-refractivity contribution in [2.75, 3.05) is 0 Å². The van der Waals surface area contributed by atoms with Gasteiger partial charge in [-0.3, -0.25) is 4.79 Å². The average molecular weight is 230 g/mol. The van der Waals surface area contributed by atoms with Gasteiger partial charge in [0.2, 0.25) is 0 Å². The van der Waals surface area contributed by atoms with E-state index in [4.69, 9.17) is 5.11 Å². The minimum Gasteiger partial charge on any atom is -0.506 e. The first-order valence-corrected chi connectivity index (χ1v) is 4.06. The summed E-state index contributed by atoms with van der Waals surface area (Å²) < 4.78 is 59.8. The number of aliphatic hydroxyl groups excluding tert-OH is 1. The minimum atomic E-state index is -5.89. The summed E-state index contributed by atoms with van der Waals surface area (Å²) >= 11 is 0. The Kier molecular flexibility index (Phi) is 2.75. The molecule has 0 aromatic heterocycles. The van der Waals surface area contributed by atoms with Crippen molar-refractivity contribution in [2.45, 2.75) is 24.9 Å². The number of hydrogen-bond donors (Lipinski definition) is 1. The fourth-order valence-electron chi connectivity index (χ4n) is 0.856. The maximum Gasteiger partial charge on any atom is 0.461 e. The third kappa shape index (κ3) is 2.45. The zero-order valence-electron chi connectivity index (χ0n) is 7.31. The highest BCUT2D eigenvalue weighted by Crippen LogP contribution is 2.40. The van der Waals surface area contributed by atoms with Crippen LogP contribution in [0.5, 0.6) is 0 Å². The maximum absolute atomic E-state index is 12.4. The molecule has 1 saturated carbocycles. The smallest absolute Gasteiger partial charge is 0.461 e. The molecule has 0 spiro atoms. The molecule has 0 aromatic carbocycles. The summed E-state index contributed by atoms with van der Waals surface area (Å²) in [4.78, 5) is 10.9. The van der Waals surface area contributed by atoms with Crippen molar-refractivity contribution in [1.82, 2.24) is 0 Å². The molecule has 0 unspecified atom stereocenters. The van der Waals surface area contributed by atoms with Gasteiger partial charge in [-0.25, -0.2) is 0 Å². The molecule has 0 amide bonds. The van der Waals surface area contributed by atoms with E-state index in [9.17, 15) is 26.7 Å². The van der Waals surface area contributed by atoms with E-state index >= 15 is 0 Å². The second kappa shape index (κ2) is 3.46. The lowest BCUT2D eigenvalue weighted by Gasteiger charge is -2.18. The van der Waals surface area contributed by atoms with Gasteiger partial charge in [-0.1, -0.05) is 0 Å². The Morgan fingerprint density at radius 1 is 1.20 bits per heavy atom. The highest BCUT2D eigenvalue weighted by Gasteiger charge is 2.61. The van der Waals surface area contributed by atoms with Gasteiger partial charge in [0.1, 0.15) is 0 Å². The molecular weight excluding hydrogens is 223 g/mol. The van der Waals surface area contributed by atoms with Gasteiger partial charge in [0.15, 0.2) is 11.5 Å². The van der Waals surface area contributed by atoms with Crippen LogP contribution in [0.15, 0.2) is 11.8 Å². The van der Waals surface area contributed by atoms with E-state index in [0.29, 0.717) is 12.8 Å². The Hall–Kier alpha value is -1.14. The number of alkyl halides is 5. The highest BCUT2D eigenvalue weighted by atomic mass is 19.4. The number of rotatable bonds is 3. The molecule has 15 heavy (non-hydrogen) atoms. The van der Waals surface area contributed by atoms with Crippen LogP contribution >= 0.6 is 0 Å². The number of hydrogen-bond acceptors (Lipinski definition) is 2. The van der Waals surface area contributed by atoms with Crippen molar-refractivity contribution < 1.29 is 31.9 Å². The van der Waals surface area contributed by atoms with Crippen LogP contribution < -0.4 is 0 Å². The van der Waals surface area contributed by atoms with Gasteiger partial charge < -0.3 is 5.11 Å². The Bertz CT molecular complexity index is 301. The number of allylic oxidation sites excluding steroid dienone is 2. The van der Waals surface area contributed by atoms with Gasteiger partial charge in [-0.05, 0) is 12.8 Å².